The van der Waals surface area contributed by atoms with E-state index in [1.807, 2.05) is 0 Å². The lowest BCUT2D eigenvalue weighted by atomic mass is 10.1. The first-order valence-corrected chi connectivity index (χ1v) is 5.57. The van der Waals surface area contributed by atoms with Crippen LogP contribution in [0.4, 0.5) is 0 Å². The fraction of sp³-hybridized carbons (Fsp3) is 0.700. The van der Waals surface area contributed by atoms with Gasteiger partial charge >= 0.3 is 17.9 Å². The minimum absolute atomic E-state index is 0.0768. The van der Waals surface area contributed by atoms with Crippen molar-refractivity contribution in [3.63, 3.8) is 0 Å². The normalized spacial score (nSPS) is 12.3. The van der Waals surface area contributed by atoms with Crippen LogP contribution in [0.3, 0.4) is 0 Å². The summed E-state index contributed by atoms with van der Waals surface area (Å²) in [5.74, 6) is -3.46. The van der Waals surface area contributed by atoms with Crippen molar-refractivity contribution in [2.45, 2.75) is 12.5 Å². The fourth-order valence-electron chi connectivity index (χ4n) is 1.57. The SMILES string of the molecule is O=C(O)CNCC(CCO)N(CC(=O)O)CC(=O)O. The lowest BCUT2D eigenvalue weighted by molar-refractivity contribution is -0.143. The highest BCUT2D eigenvalue weighted by Gasteiger charge is 2.22. The average Bonchev–Trinajstić information content (AvgIpc) is 2.25. The maximum atomic E-state index is 10.7. The predicted octanol–water partition coefficient (Wildman–Crippen LogP) is -2.12. The Balaban J connectivity index is 4.57. The van der Waals surface area contributed by atoms with E-state index in [9.17, 15) is 14.4 Å². The third-order valence-corrected chi connectivity index (χ3v) is 2.31. The van der Waals surface area contributed by atoms with E-state index in [1.54, 1.807) is 0 Å². The zero-order chi connectivity index (χ0) is 14.8. The highest BCUT2D eigenvalue weighted by molar-refractivity contribution is 5.72. The van der Waals surface area contributed by atoms with Gasteiger partial charge in [-0.1, -0.05) is 0 Å². The number of aliphatic hydroxyl groups excluding tert-OH is 1. The van der Waals surface area contributed by atoms with Crippen molar-refractivity contribution in [1.29, 1.82) is 0 Å². The van der Waals surface area contributed by atoms with E-state index < -0.39 is 37.0 Å². The predicted molar refractivity (Wildman–Crippen MR) is 62.8 cm³/mol. The van der Waals surface area contributed by atoms with Crippen LogP contribution in [0.15, 0.2) is 0 Å². The van der Waals surface area contributed by atoms with E-state index in [2.05, 4.69) is 5.32 Å². The third kappa shape index (κ3) is 8.94. The van der Waals surface area contributed by atoms with Crippen LogP contribution in [0.2, 0.25) is 0 Å². The number of rotatable bonds is 11. The highest BCUT2D eigenvalue weighted by atomic mass is 16.4. The molecule has 0 aromatic heterocycles. The van der Waals surface area contributed by atoms with Crippen LogP contribution < -0.4 is 5.32 Å². The van der Waals surface area contributed by atoms with Gasteiger partial charge in [0.05, 0.1) is 19.6 Å². The van der Waals surface area contributed by atoms with Gasteiger partial charge in [-0.15, -0.1) is 0 Å². The molecule has 0 bridgehead atoms. The molecule has 0 heterocycles. The number of aliphatic hydroxyl groups is 1. The second-order valence-corrected chi connectivity index (χ2v) is 3.88. The van der Waals surface area contributed by atoms with E-state index in [1.165, 1.54) is 0 Å². The first-order chi connectivity index (χ1) is 8.86. The Labute approximate surface area is 109 Å². The molecule has 0 aliphatic carbocycles. The van der Waals surface area contributed by atoms with Crippen LogP contribution in [-0.2, 0) is 14.4 Å². The average molecular weight is 278 g/mol. The summed E-state index contributed by atoms with van der Waals surface area (Å²) in [5, 5.41) is 37.4. The van der Waals surface area contributed by atoms with E-state index in [0.29, 0.717) is 0 Å². The van der Waals surface area contributed by atoms with Gasteiger partial charge in [0.1, 0.15) is 0 Å². The summed E-state index contributed by atoms with van der Waals surface area (Å²) in [6.07, 6.45) is 0.146. The standard InChI is InChI=1S/C10H18N2O7/c13-2-1-7(3-11-4-8(14)15)12(5-9(16)17)6-10(18)19/h7,11,13H,1-6H2,(H,14,15)(H,16,17)(H,18,19). The van der Waals surface area contributed by atoms with Crippen molar-refractivity contribution < 1.29 is 34.8 Å². The van der Waals surface area contributed by atoms with E-state index >= 15 is 0 Å². The zero-order valence-corrected chi connectivity index (χ0v) is 10.3. The number of hydrogen-bond donors (Lipinski definition) is 5. The Bertz CT molecular complexity index is 305. The quantitative estimate of drug-likeness (QED) is 0.286. The molecule has 0 aliphatic rings. The molecule has 0 spiro atoms. The molecule has 0 radical (unpaired) electrons. The number of nitrogens with one attached hydrogen (secondary N) is 1. The van der Waals surface area contributed by atoms with Crippen molar-refractivity contribution in [3.05, 3.63) is 0 Å². The van der Waals surface area contributed by atoms with Crippen molar-refractivity contribution in [2.24, 2.45) is 0 Å². The van der Waals surface area contributed by atoms with Crippen molar-refractivity contribution in [2.75, 3.05) is 32.8 Å². The molecule has 0 saturated carbocycles. The Kier molecular flexibility index (Phi) is 8.42. The molecule has 19 heavy (non-hydrogen) atoms. The van der Waals surface area contributed by atoms with Gasteiger partial charge in [-0.25, -0.2) is 0 Å². The molecule has 1 atom stereocenters. The van der Waals surface area contributed by atoms with E-state index in [4.69, 9.17) is 20.4 Å². The summed E-state index contributed by atoms with van der Waals surface area (Å²) < 4.78 is 0. The lowest BCUT2D eigenvalue weighted by Gasteiger charge is -2.28. The van der Waals surface area contributed by atoms with Gasteiger partial charge < -0.3 is 25.7 Å². The summed E-state index contributed by atoms with van der Waals surface area (Å²) in [4.78, 5) is 32.9. The maximum absolute atomic E-state index is 10.7. The third-order valence-electron chi connectivity index (χ3n) is 2.31. The molecule has 1 unspecified atom stereocenters. The van der Waals surface area contributed by atoms with Gasteiger partial charge in [0.25, 0.3) is 0 Å². The number of hydrogen-bond acceptors (Lipinski definition) is 6. The van der Waals surface area contributed by atoms with Crippen molar-refractivity contribution >= 4 is 17.9 Å². The fourth-order valence-corrected chi connectivity index (χ4v) is 1.57. The van der Waals surface area contributed by atoms with Crippen LogP contribution in [0, 0.1) is 0 Å². The second-order valence-electron chi connectivity index (χ2n) is 3.88. The summed E-state index contributed by atoms with van der Waals surface area (Å²) in [6.45, 7) is -1.49. The summed E-state index contributed by atoms with van der Waals surface area (Å²) in [6, 6.07) is -0.573. The van der Waals surface area contributed by atoms with Crippen LogP contribution in [0.25, 0.3) is 0 Å². The van der Waals surface area contributed by atoms with Crippen LogP contribution in [-0.4, -0.2) is 82.1 Å². The highest BCUT2D eigenvalue weighted by Crippen LogP contribution is 2.03. The van der Waals surface area contributed by atoms with E-state index in [-0.39, 0.29) is 26.1 Å². The number of carboxylic acid groups (broad SMARTS) is 3. The largest absolute Gasteiger partial charge is 0.480 e. The number of nitrogens with zero attached hydrogens (tertiary/aromatic N) is 1. The van der Waals surface area contributed by atoms with Crippen LogP contribution in [0.1, 0.15) is 6.42 Å². The van der Waals surface area contributed by atoms with Gasteiger partial charge in [0.2, 0.25) is 0 Å². The van der Waals surface area contributed by atoms with Gasteiger partial charge in [0.15, 0.2) is 0 Å². The van der Waals surface area contributed by atoms with E-state index in [0.717, 1.165) is 4.90 Å². The Morgan fingerprint density at radius 3 is 1.89 bits per heavy atom. The van der Waals surface area contributed by atoms with Crippen molar-refractivity contribution in [1.82, 2.24) is 10.2 Å². The molecule has 0 aromatic rings. The Morgan fingerprint density at radius 1 is 1.00 bits per heavy atom. The number of aliphatic carboxylic acids is 3. The van der Waals surface area contributed by atoms with Gasteiger partial charge in [-0.3, -0.25) is 19.3 Å². The number of carbonyl (C=O) groups is 3. The minimum Gasteiger partial charge on any atom is -0.480 e. The molecule has 9 heteroatoms. The Morgan fingerprint density at radius 2 is 1.53 bits per heavy atom. The smallest absolute Gasteiger partial charge is 0.317 e. The van der Waals surface area contributed by atoms with Crippen molar-refractivity contribution in [3.8, 4) is 0 Å². The number of carboxylic acids is 3. The van der Waals surface area contributed by atoms with Crippen LogP contribution >= 0.6 is 0 Å². The molecule has 9 nitrogen and oxygen atoms in total. The lowest BCUT2D eigenvalue weighted by Crippen LogP contribution is -2.48. The monoisotopic (exact) mass is 278 g/mol. The topological polar surface area (TPSA) is 147 Å². The molecular weight excluding hydrogens is 260 g/mol. The van der Waals surface area contributed by atoms with Gasteiger partial charge in [-0.2, -0.15) is 0 Å². The minimum atomic E-state index is -1.19. The molecule has 0 aliphatic heterocycles. The Hall–Kier alpha value is -1.71. The summed E-state index contributed by atoms with van der Waals surface area (Å²) in [5.41, 5.74) is 0. The van der Waals surface area contributed by atoms with Crippen LogP contribution in [0.5, 0.6) is 0 Å². The molecule has 0 amide bonds. The molecule has 0 fully saturated rings. The second kappa shape index (κ2) is 9.25. The summed E-state index contributed by atoms with van der Waals surface area (Å²) >= 11 is 0. The molecular formula is C10H18N2O7. The zero-order valence-electron chi connectivity index (χ0n) is 10.3. The first kappa shape index (κ1) is 17.3. The molecule has 0 aromatic carbocycles. The molecule has 5 N–H and O–H groups in total. The maximum Gasteiger partial charge on any atom is 0.317 e. The van der Waals surface area contributed by atoms with Gasteiger partial charge in [-0.05, 0) is 6.42 Å². The molecule has 0 saturated heterocycles. The molecule has 110 valence electrons. The first-order valence-electron chi connectivity index (χ1n) is 5.57. The summed E-state index contributed by atoms with van der Waals surface area (Å²) in [7, 11) is 0. The molecule has 0 rings (SSSR count). The van der Waals surface area contributed by atoms with Gasteiger partial charge in [0, 0.05) is 19.2 Å².